The number of halogens is 4. The van der Waals surface area contributed by atoms with Crippen LogP contribution < -0.4 is 5.32 Å². The van der Waals surface area contributed by atoms with Crippen molar-refractivity contribution >= 4 is 39.9 Å². The standard InChI is InChI=1S/C21H13Cl2F2N3O/c22-12-4-6-16(23)15(8-12)19(28-21-17(25)9-13(24)10-27-21)14-5-3-11-2-1-7-26-18(11)20(14)29/h1-10,19,29H,(H,27,28). The Morgan fingerprint density at radius 2 is 1.79 bits per heavy atom. The SMILES string of the molecule is Oc1c(C(Nc2ncc(F)cc2F)c2cc(Cl)ccc2Cl)ccc2cccnc12. The molecular weight excluding hydrogens is 419 g/mol. The first kappa shape index (κ1) is 19.4. The first-order chi connectivity index (χ1) is 13.9. The van der Waals surface area contributed by atoms with Crippen LogP contribution in [0.4, 0.5) is 14.6 Å². The third-order valence-electron chi connectivity index (χ3n) is 4.45. The van der Waals surface area contributed by atoms with E-state index in [0.29, 0.717) is 32.8 Å². The molecule has 2 aromatic carbocycles. The molecule has 0 aliphatic heterocycles. The molecule has 0 saturated carbocycles. The first-order valence-electron chi connectivity index (χ1n) is 8.53. The summed E-state index contributed by atoms with van der Waals surface area (Å²) in [5.74, 6) is -1.98. The molecule has 4 rings (SSSR count). The van der Waals surface area contributed by atoms with E-state index in [1.807, 2.05) is 6.07 Å². The highest BCUT2D eigenvalue weighted by Crippen LogP contribution is 2.39. The number of pyridine rings is 2. The Morgan fingerprint density at radius 3 is 2.59 bits per heavy atom. The lowest BCUT2D eigenvalue weighted by Crippen LogP contribution is -2.15. The van der Waals surface area contributed by atoms with Gasteiger partial charge < -0.3 is 10.4 Å². The summed E-state index contributed by atoms with van der Waals surface area (Å²) in [5.41, 5.74) is 1.24. The van der Waals surface area contributed by atoms with Crippen LogP contribution in [0.3, 0.4) is 0 Å². The van der Waals surface area contributed by atoms with Gasteiger partial charge in [0.15, 0.2) is 11.6 Å². The van der Waals surface area contributed by atoms with Gasteiger partial charge in [0.2, 0.25) is 0 Å². The summed E-state index contributed by atoms with van der Waals surface area (Å²) in [6, 6.07) is 11.7. The van der Waals surface area contributed by atoms with Crippen molar-refractivity contribution < 1.29 is 13.9 Å². The average molecular weight is 432 g/mol. The summed E-state index contributed by atoms with van der Waals surface area (Å²) in [7, 11) is 0. The maximum atomic E-state index is 14.3. The molecule has 0 saturated heterocycles. The molecule has 0 bridgehead atoms. The molecule has 2 aromatic heterocycles. The molecule has 29 heavy (non-hydrogen) atoms. The van der Waals surface area contributed by atoms with E-state index >= 15 is 0 Å². The molecule has 2 N–H and O–H groups in total. The molecule has 0 radical (unpaired) electrons. The fourth-order valence-electron chi connectivity index (χ4n) is 3.09. The van der Waals surface area contributed by atoms with Gasteiger partial charge in [-0.05, 0) is 29.8 Å². The molecule has 0 fully saturated rings. The minimum absolute atomic E-state index is 0.0980. The largest absolute Gasteiger partial charge is 0.505 e. The zero-order valence-electron chi connectivity index (χ0n) is 14.7. The number of rotatable bonds is 4. The highest BCUT2D eigenvalue weighted by atomic mass is 35.5. The summed E-state index contributed by atoms with van der Waals surface area (Å²) in [6.45, 7) is 0. The highest BCUT2D eigenvalue weighted by Gasteiger charge is 2.24. The molecule has 2 heterocycles. The van der Waals surface area contributed by atoms with Gasteiger partial charge >= 0.3 is 0 Å². The molecule has 0 spiro atoms. The number of nitrogens with zero attached hydrogens (tertiary/aromatic N) is 2. The minimum atomic E-state index is -0.883. The quantitative estimate of drug-likeness (QED) is 0.408. The van der Waals surface area contributed by atoms with Crippen LogP contribution in [0.5, 0.6) is 5.75 Å². The topological polar surface area (TPSA) is 58.0 Å². The molecule has 1 unspecified atom stereocenters. The summed E-state index contributed by atoms with van der Waals surface area (Å²) >= 11 is 12.5. The number of phenols is 1. The zero-order valence-corrected chi connectivity index (χ0v) is 16.2. The van der Waals surface area contributed by atoms with Gasteiger partial charge in [0.1, 0.15) is 17.1 Å². The highest BCUT2D eigenvalue weighted by molar-refractivity contribution is 6.33. The Hall–Kier alpha value is -2.96. The Bertz CT molecular complexity index is 1220. The molecule has 0 aliphatic rings. The fourth-order valence-corrected chi connectivity index (χ4v) is 3.50. The van der Waals surface area contributed by atoms with Crippen molar-refractivity contribution in [3.8, 4) is 5.75 Å². The maximum Gasteiger partial charge on any atom is 0.168 e. The second kappa shape index (κ2) is 7.81. The Morgan fingerprint density at radius 1 is 0.966 bits per heavy atom. The van der Waals surface area contributed by atoms with Gasteiger partial charge in [0, 0.05) is 33.3 Å². The second-order valence-electron chi connectivity index (χ2n) is 6.31. The maximum absolute atomic E-state index is 14.3. The van der Waals surface area contributed by atoms with E-state index in [1.165, 1.54) is 0 Å². The number of aromatic nitrogens is 2. The van der Waals surface area contributed by atoms with E-state index in [-0.39, 0.29) is 11.6 Å². The fraction of sp³-hybridized carbons (Fsp3) is 0.0476. The van der Waals surface area contributed by atoms with Crippen LogP contribution in [0.25, 0.3) is 10.9 Å². The van der Waals surface area contributed by atoms with Crippen LogP contribution in [-0.4, -0.2) is 15.1 Å². The molecule has 0 aliphatic carbocycles. The predicted molar refractivity (Wildman–Crippen MR) is 109 cm³/mol. The van der Waals surface area contributed by atoms with Gasteiger partial charge in [-0.1, -0.05) is 41.4 Å². The van der Waals surface area contributed by atoms with Crippen molar-refractivity contribution in [2.45, 2.75) is 6.04 Å². The van der Waals surface area contributed by atoms with E-state index in [4.69, 9.17) is 23.2 Å². The van der Waals surface area contributed by atoms with Crippen molar-refractivity contribution in [1.29, 1.82) is 0 Å². The number of hydrogen-bond acceptors (Lipinski definition) is 4. The summed E-state index contributed by atoms with van der Waals surface area (Å²) in [5, 5.41) is 15.3. The van der Waals surface area contributed by atoms with Crippen LogP contribution in [0.15, 0.2) is 60.9 Å². The normalized spacial score (nSPS) is 12.1. The number of benzene rings is 2. The van der Waals surface area contributed by atoms with Crippen molar-refractivity contribution in [2.24, 2.45) is 0 Å². The van der Waals surface area contributed by atoms with Gasteiger partial charge in [-0.3, -0.25) is 4.98 Å². The van der Waals surface area contributed by atoms with Crippen molar-refractivity contribution in [3.05, 3.63) is 93.7 Å². The van der Waals surface area contributed by atoms with Crippen LogP contribution in [0, 0.1) is 11.6 Å². The van der Waals surface area contributed by atoms with E-state index in [2.05, 4.69) is 15.3 Å². The Kier molecular flexibility index (Phi) is 5.22. The van der Waals surface area contributed by atoms with E-state index in [0.717, 1.165) is 11.6 Å². The summed E-state index contributed by atoms with van der Waals surface area (Å²) in [6.07, 6.45) is 2.45. The number of aromatic hydroxyl groups is 1. The third-order valence-corrected chi connectivity index (χ3v) is 5.03. The monoisotopic (exact) mass is 431 g/mol. The lowest BCUT2D eigenvalue weighted by molar-refractivity contribution is 0.471. The number of phenolic OH excluding ortho intramolecular Hbond substituents is 1. The van der Waals surface area contributed by atoms with Gasteiger partial charge in [0.25, 0.3) is 0 Å². The van der Waals surface area contributed by atoms with E-state index in [9.17, 15) is 13.9 Å². The van der Waals surface area contributed by atoms with Gasteiger partial charge in [0.05, 0.1) is 12.2 Å². The zero-order chi connectivity index (χ0) is 20.5. The molecule has 0 amide bonds. The van der Waals surface area contributed by atoms with Gasteiger partial charge in [-0.2, -0.15) is 0 Å². The van der Waals surface area contributed by atoms with Crippen molar-refractivity contribution in [2.75, 3.05) is 5.32 Å². The van der Waals surface area contributed by atoms with E-state index < -0.39 is 17.7 Å². The summed E-state index contributed by atoms with van der Waals surface area (Å²) < 4.78 is 27.5. The van der Waals surface area contributed by atoms with Crippen LogP contribution in [0.1, 0.15) is 17.2 Å². The first-order valence-corrected chi connectivity index (χ1v) is 9.29. The predicted octanol–water partition coefficient (Wildman–Crippen LogP) is 6.12. The number of fused-ring (bicyclic) bond motifs is 1. The van der Waals surface area contributed by atoms with Crippen LogP contribution in [0.2, 0.25) is 10.0 Å². The van der Waals surface area contributed by atoms with Crippen LogP contribution >= 0.6 is 23.2 Å². The molecule has 4 nitrogen and oxygen atoms in total. The van der Waals surface area contributed by atoms with Gasteiger partial charge in [-0.15, -0.1) is 0 Å². The average Bonchev–Trinajstić information content (AvgIpc) is 2.70. The molecule has 4 aromatic rings. The second-order valence-corrected chi connectivity index (χ2v) is 7.15. The lowest BCUT2D eigenvalue weighted by Gasteiger charge is -2.23. The smallest absolute Gasteiger partial charge is 0.168 e. The third kappa shape index (κ3) is 3.81. The number of anilines is 1. The lowest BCUT2D eigenvalue weighted by atomic mass is 9.96. The van der Waals surface area contributed by atoms with Gasteiger partial charge in [-0.25, -0.2) is 13.8 Å². The molecule has 146 valence electrons. The molecule has 8 heteroatoms. The summed E-state index contributed by atoms with van der Waals surface area (Å²) in [4.78, 5) is 8.00. The number of nitrogens with one attached hydrogen (secondary N) is 1. The Labute approximate surface area is 174 Å². The Balaban J connectivity index is 1.91. The molecular formula is C21H13Cl2F2N3O. The van der Waals surface area contributed by atoms with E-state index in [1.54, 1.807) is 42.6 Å². The minimum Gasteiger partial charge on any atom is -0.505 e. The molecule has 1 atom stereocenters. The van der Waals surface area contributed by atoms with Crippen molar-refractivity contribution in [3.63, 3.8) is 0 Å². The van der Waals surface area contributed by atoms with Crippen molar-refractivity contribution in [1.82, 2.24) is 9.97 Å². The number of hydrogen-bond donors (Lipinski definition) is 2. The van der Waals surface area contributed by atoms with Crippen LogP contribution in [-0.2, 0) is 0 Å².